The molecular formula is C23H34FN3O5. The van der Waals surface area contributed by atoms with Gasteiger partial charge in [-0.2, -0.15) is 5.10 Å². The summed E-state index contributed by atoms with van der Waals surface area (Å²) in [7, 11) is 1.75. The highest BCUT2D eigenvalue weighted by Gasteiger charge is 2.49. The number of ketones is 2. The van der Waals surface area contributed by atoms with Gasteiger partial charge in [0, 0.05) is 31.5 Å². The Morgan fingerprint density at radius 1 is 1.22 bits per heavy atom. The molecule has 0 saturated heterocycles. The highest BCUT2D eigenvalue weighted by atomic mass is 19.1. The predicted octanol–water partition coefficient (Wildman–Crippen LogP) is 2.81. The zero-order chi connectivity index (χ0) is 23.4. The predicted molar refractivity (Wildman–Crippen MR) is 115 cm³/mol. The molecule has 178 valence electrons. The van der Waals surface area contributed by atoms with Gasteiger partial charge in [0.1, 0.15) is 11.8 Å². The van der Waals surface area contributed by atoms with Gasteiger partial charge >= 0.3 is 6.09 Å². The number of hydrogen-bond acceptors (Lipinski definition) is 6. The third-order valence-corrected chi connectivity index (χ3v) is 6.91. The number of rotatable bonds is 11. The molecule has 2 saturated carbocycles. The lowest BCUT2D eigenvalue weighted by Crippen LogP contribution is -2.52. The number of alkyl carbamates (subject to hydrolysis) is 1. The van der Waals surface area contributed by atoms with E-state index >= 15 is 4.39 Å². The number of hydrogen-bond donors (Lipinski definition) is 2. The Kier molecular flexibility index (Phi) is 7.69. The van der Waals surface area contributed by atoms with E-state index in [1.165, 1.54) is 0 Å². The van der Waals surface area contributed by atoms with Gasteiger partial charge in [0.2, 0.25) is 0 Å². The van der Waals surface area contributed by atoms with Crippen LogP contribution in [-0.2, 0) is 27.8 Å². The lowest BCUT2D eigenvalue weighted by atomic mass is 9.60. The number of aliphatic hydroxyl groups is 1. The number of halogens is 1. The molecule has 1 heterocycles. The summed E-state index contributed by atoms with van der Waals surface area (Å²) in [5.41, 5.74) is -1.82. The third kappa shape index (κ3) is 5.74. The van der Waals surface area contributed by atoms with E-state index in [9.17, 15) is 19.5 Å². The minimum absolute atomic E-state index is 0.0178. The summed E-state index contributed by atoms with van der Waals surface area (Å²) in [6, 6.07) is 0.665. The highest BCUT2D eigenvalue weighted by molar-refractivity contribution is 5.90. The molecular weight excluding hydrogens is 417 g/mol. The first-order chi connectivity index (χ1) is 15.2. The van der Waals surface area contributed by atoms with Gasteiger partial charge in [-0.15, -0.1) is 0 Å². The maximum atomic E-state index is 15.2. The van der Waals surface area contributed by atoms with Crippen molar-refractivity contribution in [1.29, 1.82) is 0 Å². The van der Waals surface area contributed by atoms with Crippen LogP contribution in [0.2, 0.25) is 0 Å². The SMILES string of the molecule is CCOC(=O)N[C@H](CC1(F)CCCC1)C(=O)CC1(C(O)C(=O)Cc2ccn(C)n2)CCC1. The number of aryl methyl sites for hydroxylation is 1. The first-order valence-electron chi connectivity index (χ1n) is 11.5. The molecule has 9 heteroatoms. The summed E-state index contributed by atoms with van der Waals surface area (Å²) in [5.74, 6) is -0.754. The molecule has 0 aliphatic heterocycles. The molecule has 1 aromatic heterocycles. The fourth-order valence-corrected chi connectivity index (χ4v) is 4.96. The van der Waals surface area contributed by atoms with Crippen LogP contribution >= 0.6 is 0 Å². The van der Waals surface area contributed by atoms with Crippen LogP contribution in [0.15, 0.2) is 12.3 Å². The lowest BCUT2D eigenvalue weighted by molar-refractivity contribution is -0.144. The van der Waals surface area contributed by atoms with E-state index in [1.807, 2.05) is 0 Å². The topological polar surface area (TPSA) is 111 Å². The standard InChI is InChI=1S/C23H34FN3O5/c1-3-32-21(31)25-17(14-23(24)10-4-5-11-23)19(29)15-22(8-6-9-22)20(30)18(28)13-16-7-12-27(2)26-16/h7,12,17,20,30H,3-6,8-11,13-15H2,1-2H3,(H,25,31)/t17-,20?/m1/s1. The monoisotopic (exact) mass is 451 g/mol. The molecule has 2 fully saturated rings. The quantitative estimate of drug-likeness (QED) is 0.535. The van der Waals surface area contributed by atoms with E-state index in [0.717, 1.165) is 19.3 Å². The normalized spacial score (nSPS) is 20.8. The van der Waals surface area contributed by atoms with E-state index < -0.39 is 29.3 Å². The number of nitrogens with one attached hydrogen (secondary N) is 1. The number of carbonyl (C=O) groups excluding carboxylic acids is 3. The van der Waals surface area contributed by atoms with Crippen molar-refractivity contribution in [3.05, 3.63) is 18.0 Å². The van der Waals surface area contributed by atoms with Gasteiger partial charge in [0.05, 0.1) is 24.8 Å². The van der Waals surface area contributed by atoms with Crippen LogP contribution < -0.4 is 5.32 Å². The summed E-state index contributed by atoms with van der Waals surface area (Å²) < 4.78 is 21.7. The minimum atomic E-state index is -1.50. The van der Waals surface area contributed by atoms with Crippen molar-refractivity contribution in [3.63, 3.8) is 0 Å². The van der Waals surface area contributed by atoms with Gasteiger partial charge in [-0.1, -0.05) is 19.3 Å². The number of amides is 1. The fourth-order valence-electron chi connectivity index (χ4n) is 4.96. The van der Waals surface area contributed by atoms with Crippen molar-refractivity contribution in [1.82, 2.24) is 15.1 Å². The molecule has 0 spiro atoms. The van der Waals surface area contributed by atoms with Gasteiger partial charge < -0.3 is 15.2 Å². The van der Waals surface area contributed by atoms with Crippen molar-refractivity contribution in [2.75, 3.05) is 6.61 Å². The van der Waals surface area contributed by atoms with E-state index in [1.54, 1.807) is 30.9 Å². The zero-order valence-corrected chi connectivity index (χ0v) is 18.9. The molecule has 0 aromatic carbocycles. The van der Waals surface area contributed by atoms with Crippen molar-refractivity contribution < 1.29 is 28.6 Å². The second-order valence-electron chi connectivity index (χ2n) is 9.36. The molecule has 2 N–H and O–H groups in total. The number of carbonyl (C=O) groups is 3. The summed E-state index contributed by atoms with van der Waals surface area (Å²) in [4.78, 5) is 38.0. The Morgan fingerprint density at radius 2 is 1.91 bits per heavy atom. The van der Waals surface area contributed by atoms with Gasteiger partial charge in [0.15, 0.2) is 11.6 Å². The van der Waals surface area contributed by atoms with E-state index in [4.69, 9.17) is 4.74 Å². The minimum Gasteiger partial charge on any atom is -0.450 e. The van der Waals surface area contributed by atoms with Crippen LogP contribution in [0.1, 0.15) is 70.4 Å². The maximum absolute atomic E-state index is 15.2. The van der Waals surface area contributed by atoms with Crippen molar-refractivity contribution in [2.45, 2.75) is 88.9 Å². The number of aliphatic hydroxyl groups excluding tert-OH is 1. The number of nitrogens with zero attached hydrogens (tertiary/aromatic N) is 2. The Morgan fingerprint density at radius 3 is 2.44 bits per heavy atom. The van der Waals surface area contributed by atoms with E-state index in [0.29, 0.717) is 31.4 Å². The second kappa shape index (κ2) is 10.1. The first-order valence-corrected chi connectivity index (χ1v) is 11.5. The number of aromatic nitrogens is 2. The molecule has 2 atom stereocenters. The molecule has 1 unspecified atom stereocenters. The average molecular weight is 452 g/mol. The lowest BCUT2D eigenvalue weighted by Gasteiger charge is -2.45. The molecule has 0 radical (unpaired) electrons. The fraction of sp³-hybridized carbons (Fsp3) is 0.739. The molecule has 8 nitrogen and oxygen atoms in total. The number of Topliss-reactive ketones (excluding diaryl/α,β-unsaturated/α-hetero) is 2. The van der Waals surface area contributed by atoms with Crippen molar-refractivity contribution >= 4 is 17.7 Å². The second-order valence-corrected chi connectivity index (χ2v) is 9.36. The largest absolute Gasteiger partial charge is 0.450 e. The molecule has 2 aliphatic rings. The Labute approximate surface area is 187 Å². The number of alkyl halides is 1. The molecule has 2 aliphatic carbocycles. The Bertz CT molecular complexity index is 829. The summed E-state index contributed by atoms with van der Waals surface area (Å²) >= 11 is 0. The molecule has 32 heavy (non-hydrogen) atoms. The van der Waals surface area contributed by atoms with Crippen LogP contribution in [0.5, 0.6) is 0 Å². The summed E-state index contributed by atoms with van der Waals surface area (Å²) in [6.07, 6.45) is 3.51. The van der Waals surface area contributed by atoms with Crippen LogP contribution in [0.3, 0.4) is 0 Å². The van der Waals surface area contributed by atoms with Crippen LogP contribution in [0.25, 0.3) is 0 Å². The highest BCUT2D eigenvalue weighted by Crippen LogP contribution is 2.48. The number of ether oxygens (including phenoxy) is 1. The summed E-state index contributed by atoms with van der Waals surface area (Å²) in [5, 5.41) is 17.6. The van der Waals surface area contributed by atoms with Gasteiger partial charge in [-0.3, -0.25) is 14.3 Å². The van der Waals surface area contributed by atoms with Crippen molar-refractivity contribution in [2.24, 2.45) is 12.5 Å². The van der Waals surface area contributed by atoms with E-state index in [2.05, 4.69) is 10.4 Å². The van der Waals surface area contributed by atoms with Crippen LogP contribution in [0, 0.1) is 5.41 Å². The van der Waals surface area contributed by atoms with Gasteiger partial charge in [-0.25, -0.2) is 9.18 Å². The zero-order valence-electron chi connectivity index (χ0n) is 18.9. The van der Waals surface area contributed by atoms with E-state index in [-0.39, 0.29) is 37.4 Å². The molecule has 3 rings (SSSR count). The third-order valence-electron chi connectivity index (χ3n) is 6.91. The first kappa shape index (κ1) is 24.4. The Hall–Kier alpha value is -2.29. The van der Waals surface area contributed by atoms with Gasteiger partial charge in [-0.05, 0) is 38.7 Å². The molecule has 1 aromatic rings. The maximum Gasteiger partial charge on any atom is 0.407 e. The average Bonchev–Trinajstić information content (AvgIpc) is 3.31. The summed E-state index contributed by atoms with van der Waals surface area (Å²) in [6.45, 7) is 1.79. The van der Waals surface area contributed by atoms with Crippen LogP contribution in [0.4, 0.5) is 9.18 Å². The van der Waals surface area contributed by atoms with Crippen molar-refractivity contribution in [3.8, 4) is 0 Å². The molecule has 0 bridgehead atoms. The smallest absolute Gasteiger partial charge is 0.407 e. The molecule has 1 amide bonds. The Balaban J connectivity index is 1.70. The van der Waals surface area contributed by atoms with Gasteiger partial charge in [0.25, 0.3) is 0 Å². The van der Waals surface area contributed by atoms with Crippen LogP contribution in [-0.4, -0.2) is 57.0 Å².